The first-order valence-corrected chi connectivity index (χ1v) is 7.77. The number of hydrogen-bond donors (Lipinski definition) is 0. The number of hydrogen-bond acceptors (Lipinski definition) is 3. The fourth-order valence-corrected chi connectivity index (χ4v) is 2.78. The molecule has 0 bridgehead atoms. The van der Waals surface area contributed by atoms with Crippen LogP contribution in [-0.2, 0) is 7.05 Å². The first kappa shape index (κ1) is 14.3. The molecule has 0 fully saturated rings. The van der Waals surface area contributed by atoms with Crippen molar-refractivity contribution < 1.29 is 0 Å². The van der Waals surface area contributed by atoms with Crippen LogP contribution in [0, 0.1) is 0 Å². The molecule has 0 radical (unpaired) electrons. The van der Waals surface area contributed by atoms with Crippen molar-refractivity contribution >= 4 is 22.4 Å². The van der Waals surface area contributed by atoms with Gasteiger partial charge in [0.25, 0.3) is 0 Å². The second-order valence-electron chi connectivity index (χ2n) is 5.57. The average Bonchev–Trinajstić information content (AvgIpc) is 3.03. The molecule has 4 aromatic rings. The standard InChI is InChI=1S/C20H16N4/c1-24-14-22-17-12-21-13-18(20(17)24)23-19(15-8-4-2-5-9-15)16-10-6-3-7-11-16/h2-14H,1H3. The highest BCUT2D eigenvalue weighted by molar-refractivity contribution is 6.14. The lowest BCUT2D eigenvalue weighted by Gasteiger charge is -2.08. The van der Waals surface area contributed by atoms with E-state index in [0.717, 1.165) is 33.6 Å². The zero-order valence-electron chi connectivity index (χ0n) is 13.3. The number of aromatic nitrogens is 3. The smallest absolute Gasteiger partial charge is 0.109 e. The van der Waals surface area contributed by atoms with Gasteiger partial charge in [0.15, 0.2) is 0 Å². The zero-order valence-corrected chi connectivity index (χ0v) is 13.3. The molecule has 2 heterocycles. The number of nitrogens with zero attached hydrogens (tertiary/aromatic N) is 4. The van der Waals surface area contributed by atoms with Gasteiger partial charge < -0.3 is 4.57 Å². The summed E-state index contributed by atoms with van der Waals surface area (Å²) in [4.78, 5) is 13.6. The number of pyridine rings is 1. The van der Waals surface area contributed by atoms with Gasteiger partial charge >= 0.3 is 0 Å². The number of fused-ring (bicyclic) bond motifs is 1. The predicted octanol–water partition coefficient (Wildman–Crippen LogP) is 4.14. The van der Waals surface area contributed by atoms with Gasteiger partial charge in [-0.25, -0.2) is 9.98 Å². The van der Waals surface area contributed by atoms with Crippen molar-refractivity contribution in [2.45, 2.75) is 0 Å². The third-order valence-electron chi connectivity index (χ3n) is 3.93. The molecule has 0 atom stereocenters. The number of aliphatic imine (C=N–C) groups is 1. The van der Waals surface area contributed by atoms with Crippen LogP contribution in [0.1, 0.15) is 11.1 Å². The summed E-state index contributed by atoms with van der Waals surface area (Å²) in [5.74, 6) is 0. The van der Waals surface area contributed by atoms with Gasteiger partial charge in [0.05, 0.1) is 29.9 Å². The first-order valence-electron chi connectivity index (χ1n) is 7.77. The van der Waals surface area contributed by atoms with E-state index in [2.05, 4.69) is 34.2 Å². The quantitative estimate of drug-likeness (QED) is 0.534. The minimum atomic E-state index is 0.815. The molecule has 116 valence electrons. The normalized spacial score (nSPS) is 10.7. The lowest BCUT2D eigenvalue weighted by atomic mass is 10.0. The van der Waals surface area contributed by atoms with Crippen LogP contribution in [0.4, 0.5) is 5.69 Å². The fourth-order valence-electron chi connectivity index (χ4n) is 2.78. The molecule has 2 aromatic carbocycles. The van der Waals surface area contributed by atoms with Crippen LogP contribution in [-0.4, -0.2) is 20.2 Å². The molecule has 4 rings (SSSR count). The number of aryl methyl sites for hydroxylation is 1. The van der Waals surface area contributed by atoms with E-state index >= 15 is 0 Å². The summed E-state index contributed by atoms with van der Waals surface area (Å²) in [6.07, 6.45) is 5.34. The Morgan fingerprint density at radius 2 is 1.50 bits per heavy atom. The third kappa shape index (κ3) is 2.58. The van der Waals surface area contributed by atoms with Gasteiger partial charge in [0.2, 0.25) is 0 Å². The molecule has 0 amide bonds. The summed E-state index contributed by atoms with van der Waals surface area (Å²) in [6.45, 7) is 0. The van der Waals surface area contributed by atoms with Gasteiger partial charge in [-0.3, -0.25) is 4.98 Å². The summed E-state index contributed by atoms with van der Waals surface area (Å²) in [7, 11) is 1.97. The molecule has 4 nitrogen and oxygen atoms in total. The van der Waals surface area contributed by atoms with E-state index in [1.54, 1.807) is 18.7 Å². The van der Waals surface area contributed by atoms with Gasteiger partial charge in [-0.15, -0.1) is 0 Å². The molecule has 0 N–H and O–H groups in total. The lowest BCUT2D eigenvalue weighted by molar-refractivity contribution is 0.947. The summed E-state index contributed by atoms with van der Waals surface area (Å²) in [5, 5.41) is 0. The Hall–Kier alpha value is -3.27. The first-order chi connectivity index (χ1) is 11.8. The van der Waals surface area contributed by atoms with Crippen molar-refractivity contribution in [2.75, 3.05) is 0 Å². The molecular weight excluding hydrogens is 296 g/mol. The molecule has 2 aromatic heterocycles. The van der Waals surface area contributed by atoms with Crippen LogP contribution in [0.25, 0.3) is 11.0 Å². The van der Waals surface area contributed by atoms with E-state index in [-0.39, 0.29) is 0 Å². The monoisotopic (exact) mass is 312 g/mol. The molecule has 0 aliphatic carbocycles. The highest BCUT2D eigenvalue weighted by Gasteiger charge is 2.10. The Morgan fingerprint density at radius 1 is 0.875 bits per heavy atom. The molecule has 4 heteroatoms. The highest BCUT2D eigenvalue weighted by atomic mass is 15.0. The van der Waals surface area contributed by atoms with Gasteiger partial charge in [0, 0.05) is 18.2 Å². The Balaban J connectivity index is 1.96. The molecular formula is C20H16N4. The van der Waals surface area contributed by atoms with Crippen LogP contribution in [0.2, 0.25) is 0 Å². The van der Waals surface area contributed by atoms with Crippen molar-refractivity contribution in [3.8, 4) is 0 Å². The van der Waals surface area contributed by atoms with Crippen LogP contribution < -0.4 is 0 Å². The van der Waals surface area contributed by atoms with Crippen LogP contribution >= 0.6 is 0 Å². The third-order valence-corrected chi connectivity index (χ3v) is 3.93. The van der Waals surface area contributed by atoms with Crippen molar-refractivity contribution in [2.24, 2.45) is 12.0 Å². The maximum absolute atomic E-state index is 4.95. The molecule has 0 unspecified atom stereocenters. The SMILES string of the molecule is Cn1cnc2cncc(N=C(c3ccccc3)c3ccccc3)c21. The Labute approximate surface area is 140 Å². The molecule has 0 saturated carbocycles. The Kier molecular flexibility index (Phi) is 3.63. The molecule has 0 saturated heterocycles. The largest absolute Gasteiger partial charge is 0.332 e. The molecule has 0 spiro atoms. The zero-order chi connectivity index (χ0) is 16.4. The summed E-state index contributed by atoms with van der Waals surface area (Å²) < 4.78 is 1.98. The minimum Gasteiger partial charge on any atom is -0.332 e. The molecule has 0 aliphatic heterocycles. The van der Waals surface area contributed by atoms with Crippen molar-refractivity contribution in [3.05, 3.63) is 90.5 Å². The second kappa shape index (κ2) is 6.08. The van der Waals surface area contributed by atoms with E-state index in [4.69, 9.17) is 4.99 Å². The number of rotatable bonds is 3. The van der Waals surface area contributed by atoms with E-state index in [9.17, 15) is 0 Å². The topological polar surface area (TPSA) is 43.1 Å². The highest BCUT2D eigenvalue weighted by Crippen LogP contribution is 2.25. The maximum atomic E-state index is 4.95. The fraction of sp³-hybridized carbons (Fsp3) is 0.0500. The molecule has 24 heavy (non-hydrogen) atoms. The van der Waals surface area contributed by atoms with Gasteiger partial charge in [-0.05, 0) is 0 Å². The Bertz CT molecular complexity index is 960. The number of imidazole rings is 1. The van der Waals surface area contributed by atoms with Crippen LogP contribution in [0.3, 0.4) is 0 Å². The van der Waals surface area contributed by atoms with Gasteiger partial charge in [-0.2, -0.15) is 0 Å². The number of benzene rings is 2. The lowest BCUT2D eigenvalue weighted by Crippen LogP contribution is -2.03. The minimum absolute atomic E-state index is 0.815. The summed E-state index contributed by atoms with van der Waals surface area (Å²) in [6, 6.07) is 20.4. The van der Waals surface area contributed by atoms with E-state index in [0.29, 0.717) is 0 Å². The van der Waals surface area contributed by atoms with E-state index < -0.39 is 0 Å². The average molecular weight is 312 g/mol. The van der Waals surface area contributed by atoms with Crippen molar-refractivity contribution in [3.63, 3.8) is 0 Å². The summed E-state index contributed by atoms with van der Waals surface area (Å²) >= 11 is 0. The predicted molar refractivity (Wildman–Crippen MR) is 96.7 cm³/mol. The molecule has 0 aliphatic rings. The van der Waals surface area contributed by atoms with Crippen LogP contribution in [0.5, 0.6) is 0 Å². The van der Waals surface area contributed by atoms with Crippen LogP contribution in [0.15, 0.2) is 84.4 Å². The van der Waals surface area contributed by atoms with E-state index in [1.165, 1.54) is 0 Å². The van der Waals surface area contributed by atoms with E-state index in [1.807, 2.05) is 48.0 Å². The van der Waals surface area contributed by atoms with Crippen molar-refractivity contribution in [1.82, 2.24) is 14.5 Å². The van der Waals surface area contributed by atoms with Crippen molar-refractivity contribution in [1.29, 1.82) is 0 Å². The van der Waals surface area contributed by atoms with Gasteiger partial charge in [-0.1, -0.05) is 60.7 Å². The Morgan fingerprint density at radius 3 is 2.12 bits per heavy atom. The van der Waals surface area contributed by atoms with Gasteiger partial charge in [0.1, 0.15) is 11.2 Å². The maximum Gasteiger partial charge on any atom is 0.109 e. The summed E-state index contributed by atoms with van der Waals surface area (Å²) in [5.41, 5.74) is 5.71. The second-order valence-corrected chi connectivity index (χ2v) is 5.57.